The molecule has 0 saturated carbocycles. The Morgan fingerprint density at radius 3 is 2.75 bits per heavy atom. The lowest BCUT2D eigenvalue weighted by Gasteiger charge is -2.17. The summed E-state index contributed by atoms with van der Waals surface area (Å²) in [6.07, 6.45) is 0.624. The molecule has 1 aromatic rings. The lowest BCUT2D eigenvalue weighted by atomic mass is 10.00. The number of hydrogen-bond donors (Lipinski definition) is 2. The molecule has 1 aromatic carbocycles. The number of aromatic hydroxyl groups is 1. The molecular weight excluding hydrogens is 270 g/mol. The van der Waals surface area contributed by atoms with Crippen molar-refractivity contribution in [2.24, 2.45) is 5.73 Å². The van der Waals surface area contributed by atoms with E-state index >= 15 is 0 Å². The van der Waals surface area contributed by atoms with Crippen molar-refractivity contribution in [3.05, 3.63) is 34.3 Å². The van der Waals surface area contributed by atoms with Crippen LogP contribution in [0.25, 0.3) is 0 Å². The third-order valence-electron chi connectivity index (χ3n) is 2.29. The number of halogens is 1. The first kappa shape index (κ1) is 13.1. The number of phenolic OH excluding ortho intramolecular Hbond substituents is 1. The molecule has 1 rings (SSSR count). The summed E-state index contributed by atoms with van der Waals surface area (Å²) in [5.41, 5.74) is 7.64. The molecule has 0 amide bonds. The summed E-state index contributed by atoms with van der Waals surface area (Å²) in [5, 5.41) is 9.99. The van der Waals surface area contributed by atoms with Gasteiger partial charge in [-0.1, -0.05) is 21.5 Å². The van der Waals surface area contributed by atoms with Crippen molar-refractivity contribution < 1.29 is 9.84 Å². The van der Waals surface area contributed by atoms with E-state index in [9.17, 15) is 5.11 Å². The van der Waals surface area contributed by atoms with E-state index in [0.29, 0.717) is 17.7 Å². The molecule has 4 heteroatoms. The van der Waals surface area contributed by atoms with Gasteiger partial charge >= 0.3 is 0 Å². The monoisotopic (exact) mass is 285 g/mol. The van der Waals surface area contributed by atoms with Gasteiger partial charge in [0.1, 0.15) is 0 Å². The molecule has 0 radical (unpaired) electrons. The molecule has 0 aliphatic carbocycles. The number of methoxy groups -OCH3 is 1. The molecular formula is C12H16BrNO2. The Bertz CT molecular complexity index is 404. The molecule has 0 saturated heterocycles. The molecule has 0 bridgehead atoms. The predicted octanol–water partition coefficient (Wildman–Crippen LogP) is 3.13. The normalized spacial score (nSPS) is 12.2. The molecule has 0 aliphatic rings. The minimum atomic E-state index is -0.290. The Hall–Kier alpha value is -1.00. The molecule has 1 atom stereocenters. The maximum Gasteiger partial charge on any atom is 0.163 e. The van der Waals surface area contributed by atoms with Crippen LogP contribution in [0.4, 0.5) is 0 Å². The van der Waals surface area contributed by atoms with Crippen molar-refractivity contribution >= 4 is 15.9 Å². The molecule has 16 heavy (non-hydrogen) atoms. The maximum absolute atomic E-state index is 9.99. The van der Waals surface area contributed by atoms with Gasteiger partial charge in [0.2, 0.25) is 0 Å². The van der Waals surface area contributed by atoms with Crippen LogP contribution in [0.5, 0.6) is 11.5 Å². The summed E-state index contributed by atoms with van der Waals surface area (Å²) in [5.74, 6) is 0.515. The molecule has 0 spiro atoms. The zero-order valence-electron chi connectivity index (χ0n) is 9.46. The molecule has 88 valence electrons. The number of phenols is 1. The lowest BCUT2D eigenvalue weighted by Crippen LogP contribution is -2.11. The SMILES string of the molecule is C=C(C)C[C@H](N)c1c(Br)ccc(OC)c1O. The van der Waals surface area contributed by atoms with Gasteiger partial charge in [0, 0.05) is 16.1 Å². The van der Waals surface area contributed by atoms with Gasteiger partial charge in [0.15, 0.2) is 11.5 Å². The Kier molecular flexibility index (Phi) is 4.38. The Labute approximate surface area is 104 Å². The third-order valence-corrected chi connectivity index (χ3v) is 2.98. The minimum absolute atomic E-state index is 0.0885. The minimum Gasteiger partial charge on any atom is -0.504 e. The molecule has 0 aromatic heterocycles. The van der Waals surface area contributed by atoms with E-state index in [1.807, 2.05) is 13.0 Å². The van der Waals surface area contributed by atoms with Gasteiger partial charge < -0.3 is 15.6 Å². The molecule has 3 nitrogen and oxygen atoms in total. The van der Waals surface area contributed by atoms with E-state index < -0.39 is 0 Å². The highest BCUT2D eigenvalue weighted by Gasteiger charge is 2.18. The van der Waals surface area contributed by atoms with Crippen LogP contribution in [-0.4, -0.2) is 12.2 Å². The highest BCUT2D eigenvalue weighted by molar-refractivity contribution is 9.10. The first-order chi connectivity index (χ1) is 7.47. The van der Waals surface area contributed by atoms with Crippen LogP contribution in [0.2, 0.25) is 0 Å². The largest absolute Gasteiger partial charge is 0.504 e. The van der Waals surface area contributed by atoms with Crippen LogP contribution in [-0.2, 0) is 0 Å². The van der Waals surface area contributed by atoms with Gasteiger partial charge in [-0.3, -0.25) is 0 Å². The molecule has 3 N–H and O–H groups in total. The van der Waals surface area contributed by atoms with Crippen molar-refractivity contribution in [2.45, 2.75) is 19.4 Å². The first-order valence-electron chi connectivity index (χ1n) is 4.92. The summed E-state index contributed by atoms with van der Waals surface area (Å²) in [7, 11) is 1.51. The third kappa shape index (κ3) is 2.77. The zero-order valence-corrected chi connectivity index (χ0v) is 11.0. The summed E-state index contributed by atoms with van der Waals surface area (Å²) >= 11 is 3.38. The van der Waals surface area contributed by atoms with Gasteiger partial charge in [0.25, 0.3) is 0 Å². The Morgan fingerprint density at radius 2 is 2.25 bits per heavy atom. The van der Waals surface area contributed by atoms with Gasteiger partial charge in [-0.15, -0.1) is 6.58 Å². The Balaban J connectivity index is 3.15. The van der Waals surface area contributed by atoms with E-state index in [1.54, 1.807) is 6.07 Å². The average molecular weight is 286 g/mol. The summed E-state index contributed by atoms with van der Waals surface area (Å²) in [6, 6.07) is 3.21. The first-order valence-corrected chi connectivity index (χ1v) is 5.72. The topological polar surface area (TPSA) is 55.5 Å². The second-order valence-corrected chi connectivity index (χ2v) is 4.63. The number of benzene rings is 1. The van der Waals surface area contributed by atoms with Crippen LogP contribution in [0.1, 0.15) is 24.9 Å². The molecule has 0 unspecified atom stereocenters. The number of rotatable bonds is 4. The number of ether oxygens (including phenoxy) is 1. The highest BCUT2D eigenvalue weighted by atomic mass is 79.9. The smallest absolute Gasteiger partial charge is 0.163 e. The summed E-state index contributed by atoms with van der Waals surface area (Å²) < 4.78 is 5.82. The summed E-state index contributed by atoms with van der Waals surface area (Å²) in [6.45, 7) is 5.72. The van der Waals surface area contributed by atoms with Gasteiger partial charge in [-0.05, 0) is 25.5 Å². The van der Waals surface area contributed by atoms with Crippen molar-refractivity contribution in [3.8, 4) is 11.5 Å². The molecule has 0 fully saturated rings. The average Bonchev–Trinajstić information content (AvgIpc) is 2.16. The molecule has 0 aliphatic heterocycles. The van der Waals surface area contributed by atoms with Gasteiger partial charge in [-0.25, -0.2) is 0 Å². The fourth-order valence-corrected chi connectivity index (χ4v) is 2.17. The van der Waals surface area contributed by atoms with E-state index in [4.69, 9.17) is 10.5 Å². The van der Waals surface area contributed by atoms with Crippen LogP contribution in [0, 0.1) is 0 Å². The standard InChI is InChI=1S/C12H16BrNO2/c1-7(2)6-9(14)11-8(13)4-5-10(16-3)12(11)15/h4-5,9,15H,1,6,14H2,2-3H3/t9-/m0/s1. The lowest BCUT2D eigenvalue weighted by molar-refractivity contribution is 0.368. The van der Waals surface area contributed by atoms with Crippen LogP contribution in [0.15, 0.2) is 28.8 Å². The predicted molar refractivity (Wildman–Crippen MR) is 68.7 cm³/mol. The second kappa shape index (κ2) is 5.37. The quantitative estimate of drug-likeness (QED) is 0.836. The van der Waals surface area contributed by atoms with Crippen molar-refractivity contribution in [2.75, 3.05) is 7.11 Å². The Morgan fingerprint density at radius 1 is 1.62 bits per heavy atom. The fraction of sp³-hybridized carbons (Fsp3) is 0.333. The fourth-order valence-electron chi connectivity index (χ4n) is 1.56. The van der Waals surface area contributed by atoms with Gasteiger partial charge in [0.05, 0.1) is 7.11 Å². The van der Waals surface area contributed by atoms with Crippen LogP contribution in [0.3, 0.4) is 0 Å². The van der Waals surface area contributed by atoms with Gasteiger partial charge in [-0.2, -0.15) is 0 Å². The number of nitrogens with two attached hydrogens (primary N) is 1. The second-order valence-electron chi connectivity index (χ2n) is 3.78. The van der Waals surface area contributed by atoms with Crippen molar-refractivity contribution in [3.63, 3.8) is 0 Å². The maximum atomic E-state index is 9.99. The van der Waals surface area contributed by atoms with E-state index in [2.05, 4.69) is 22.5 Å². The summed E-state index contributed by atoms with van der Waals surface area (Å²) in [4.78, 5) is 0. The van der Waals surface area contributed by atoms with Crippen molar-refractivity contribution in [1.29, 1.82) is 0 Å². The van der Waals surface area contributed by atoms with Crippen molar-refractivity contribution in [1.82, 2.24) is 0 Å². The van der Waals surface area contributed by atoms with Crippen LogP contribution < -0.4 is 10.5 Å². The van der Waals surface area contributed by atoms with E-state index in [1.165, 1.54) is 7.11 Å². The molecule has 0 heterocycles. The van der Waals surface area contributed by atoms with E-state index in [-0.39, 0.29) is 11.8 Å². The van der Waals surface area contributed by atoms with E-state index in [0.717, 1.165) is 10.0 Å². The highest BCUT2D eigenvalue weighted by Crippen LogP contribution is 2.39. The van der Waals surface area contributed by atoms with Crippen LogP contribution >= 0.6 is 15.9 Å². The zero-order chi connectivity index (χ0) is 12.3. The number of hydrogen-bond acceptors (Lipinski definition) is 3.